The lowest BCUT2D eigenvalue weighted by Gasteiger charge is -2.42. The van der Waals surface area contributed by atoms with Gasteiger partial charge in [-0.2, -0.15) is 5.26 Å². The topological polar surface area (TPSA) is 44.0 Å². The Labute approximate surface area is 132 Å². The van der Waals surface area contributed by atoms with Gasteiger partial charge in [-0.05, 0) is 62.5 Å². The van der Waals surface area contributed by atoms with E-state index in [1.807, 2.05) is 6.92 Å². The number of nitrogens with zero attached hydrogens (tertiary/aromatic N) is 1. The van der Waals surface area contributed by atoms with Crippen molar-refractivity contribution in [3.8, 4) is 6.07 Å². The van der Waals surface area contributed by atoms with E-state index in [0.29, 0.717) is 11.3 Å². The van der Waals surface area contributed by atoms with Gasteiger partial charge in [0.2, 0.25) is 0 Å². The van der Waals surface area contributed by atoms with Crippen LogP contribution in [0.25, 0.3) is 0 Å². The van der Waals surface area contributed by atoms with Gasteiger partial charge in [0, 0.05) is 9.75 Å². The predicted molar refractivity (Wildman–Crippen MR) is 88.2 cm³/mol. The lowest BCUT2D eigenvalue weighted by molar-refractivity contribution is 0.00833. The molecular formula is C18H27NOS. The van der Waals surface area contributed by atoms with Crippen molar-refractivity contribution in [1.82, 2.24) is 0 Å². The standard InChI is InChI=1S/C18H27NOS/c1-12-10-15(13(2)21-12)16(20)18(11-19)8-6-14(7-9-18)17(3,4)5/h10,14,16,20H,6-9H2,1-5H3. The molecule has 1 fully saturated rings. The highest BCUT2D eigenvalue weighted by Crippen LogP contribution is 2.51. The highest BCUT2D eigenvalue weighted by molar-refractivity contribution is 7.12. The highest BCUT2D eigenvalue weighted by atomic mass is 32.1. The Morgan fingerprint density at radius 1 is 1.33 bits per heavy atom. The fourth-order valence-corrected chi connectivity index (χ4v) is 4.62. The predicted octanol–water partition coefficient (Wildman–Crippen LogP) is 5.14. The van der Waals surface area contributed by atoms with E-state index >= 15 is 0 Å². The number of hydrogen-bond acceptors (Lipinski definition) is 3. The molecule has 2 rings (SSSR count). The van der Waals surface area contributed by atoms with E-state index < -0.39 is 11.5 Å². The SMILES string of the molecule is Cc1cc(C(O)C2(C#N)CCC(C(C)(C)C)CC2)c(C)s1. The van der Waals surface area contributed by atoms with Crippen molar-refractivity contribution in [3.63, 3.8) is 0 Å². The molecule has 1 aliphatic carbocycles. The first kappa shape index (κ1) is 16.5. The van der Waals surface area contributed by atoms with E-state index in [1.54, 1.807) is 11.3 Å². The fraction of sp³-hybridized carbons (Fsp3) is 0.722. The van der Waals surface area contributed by atoms with Crippen molar-refractivity contribution in [2.45, 2.75) is 66.4 Å². The maximum Gasteiger partial charge on any atom is 0.0987 e. The van der Waals surface area contributed by atoms with Crippen molar-refractivity contribution < 1.29 is 5.11 Å². The first-order valence-electron chi connectivity index (χ1n) is 7.86. The molecule has 1 aromatic heterocycles. The molecular weight excluding hydrogens is 278 g/mol. The van der Waals surface area contributed by atoms with E-state index in [0.717, 1.165) is 36.1 Å². The fourth-order valence-electron chi connectivity index (χ4n) is 3.66. The van der Waals surface area contributed by atoms with E-state index in [1.165, 1.54) is 4.88 Å². The minimum atomic E-state index is -0.645. The van der Waals surface area contributed by atoms with Gasteiger partial charge in [0.1, 0.15) is 0 Å². The summed E-state index contributed by atoms with van der Waals surface area (Å²) in [6.07, 6.45) is 3.04. The van der Waals surface area contributed by atoms with Crippen molar-refractivity contribution in [2.75, 3.05) is 0 Å². The van der Waals surface area contributed by atoms with Crippen LogP contribution in [0.15, 0.2) is 6.07 Å². The zero-order chi connectivity index (χ0) is 15.8. The van der Waals surface area contributed by atoms with Gasteiger partial charge in [-0.3, -0.25) is 0 Å². The molecule has 1 atom stereocenters. The summed E-state index contributed by atoms with van der Waals surface area (Å²) in [5.74, 6) is 0.650. The van der Waals surface area contributed by atoms with Crippen LogP contribution in [-0.2, 0) is 0 Å². The average molecular weight is 305 g/mol. The number of aryl methyl sites for hydroxylation is 2. The second kappa shape index (κ2) is 5.74. The van der Waals surface area contributed by atoms with Crippen LogP contribution in [-0.4, -0.2) is 5.11 Å². The lowest BCUT2D eigenvalue weighted by atomic mass is 9.62. The number of aliphatic hydroxyl groups is 1. The molecule has 0 amide bonds. The molecule has 1 unspecified atom stereocenters. The minimum Gasteiger partial charge on any atom is -0.387 e. The van der Waals surface area contributed by atoms with Crippen LogP contribution in [0.3, 0.4) is 0 Å². The van der Waals surface area contributed by atoms with Gasteiger partial charge in [0.05, 0.1) is 17.6 Å². The van der Waals surface area contributed by atoms with Crippen LogP contribution in [0.2, 0.25) is 0 Å². The Hall–Kier alpha value is -0.850. The van der Waals surface area contributed by atoms with Crippen molar-refractivity contribution in [2.24, 2.45) is 16.7 Å². The third kappa shape index (κ3) is 3.17. The van der Waals surface area contributed by atoms with Gasteiger partial charge in [0.15, 0.2) is 0 Å². The second-order valence-corrected chi connectivity index (χ2v) is 9.14. The molecule has 3 heteroatoms. The lowest BCUT2D eigenvalue weighted by Crippen LogP contribution is -2.36. The van der Waals surface area contributed by atoms with Crippen molar-refractivity contribution in [1.29, 1.82) is 5.26 Å². The van der Waals surface area contributed by atoms with Gasteiger partial charge in [-0.15, -0.1) is 11.3 Å². The molecule has 2 nitrogen and oxygen atoms in total. The van der Waals surface area contributed by atoms with Gasteiger partial charge >= 0.3 is 0 Å². The molecule has 1 saturated carbocycles. The average Bonchev–Trinajstić information content (AvgIpc) is 2.75. The summed E-state index contributed by atoms with van der Waals surface area (Å²) < 4.78 is 0. The minimum absolute atomic E-state index is 0.293. The summed E-state index contributed by atoms with van der Waals surface area (Å²) in [6.45, 7) is 10.9. The Bertz CT molecular complexity index is 539. The molecule has 0 spiro atoms. The summed E-state index contributed by atoms with van der Waals surface area (Å²) in [4.78, 5) is 2.35. The van der Waals surface area contributed by atoms with Crippen LogP contribution in [0.5, 0.6) is 0 Å². The summed E-state index contributed by atoms with van der Waals surface area (Å²) in [5, 5.41) is 20.6. The van der Waals surface area contributed by atoms with Crippen LogP contribution in [0.4, 0.5) is 0 Å². The van der Waals surface area contributed by atoms with Crippen molar-refractivity contribution >= 4 is 11.3 Å². The van der Waals surface area contributed by atoms with Crippen molar-refractivity contribution in [3.05, 3.63) is 21.4 Å². The van der Waals surface area contributed by atoms with E-state index in [-0.39, 0.29) is 0 Å². The molecule has 0 bridgehead atoms. The molecule has 0 aliphatic heterocycles. The van der Waals surface area contributed by atoms with Gasteiger partial charge in [-0.1, -0.05) is 20.8 Å². The van der Waals surface area contributed by atoms with Gasteiger partial charge in [0.25, 0.3) is 0 Å². The zero-order valence-electron chi connectivity index (χ0n) is 13.9. The first-order chi connectivity index (χ1) is 9.69. The molecule has 1 heterocycles. The van der Waals surface area contributed by atoms with Gasteiger partial charge in [-0.25, -0.2) is 0 Å². The van der Waals surface area contributed by atoms with Crippen LogP contribution >= 0.6 is 11.3 Å². The van der Waals surface area contributed by atoms with E-state index in [2.05, 4.69) is 39.8 Å². The molecule has 0 saturated heterocycles. The maximum absolute atomic E-state index is 10.9. The third-order valence-corrected chi connectivity index (χ3v) is 6.20. The summed E-state index contributed by atoms with van der Waals surface area (Å²) in [5.41, 5.74) is 0.662. The molecule has 1 aromatic rings. The number of rotatable bonds is 2. The second-order valence-electron chi connectivity index (χ2n) is 7.68. The van der Waals surface area contributed by atoms with Crippen LogP contribution in [0, 0.1) is 41.9 Å². The van der Waals surface area contributed by atoms with E-state index in [4.69, 9.17) is 0 Å². The highest BCUT2D eigenvalue weighted by Gasteiger charge is 2.45. The zero-order valence-corrected chi connectivity index (χ0v) is 14.7. The normalized spacial score (nSPS) is 28.1. The molecule has 116 valence electrons. The number of aliphatic hydroxyl groups excluding tert-OH is 1. The third-order valence-electron chi connectivity index (χ3n) is 5.22. The Morgan fingerprint density at radius 2 is 1.90 bits per heavy atom. The number of thiophene rings is 1. The molecule has 21 heavy (non-hydrogen) atoms. The monoisotopic (exact) mass is 305 g/mol. The largest absolute Gasteiger partial charge is 0.387 e. The number of nitriles is 1. The Morgan fingerprint density at radius 3 is 2.29 bits per heavy atom. The van der Waals surface area contributed by atoms with Gasteiger partial charge < -0.3 is 5.11 Å². The quantitative estimate of drug-likeness (QED) is 0.821. The molecule has 1 aliphatic rings. The molecule has 0 radical (unpaired) electrons. The summed E-state index contributed by atoms with van der Waals surface area (Å²) in [7, 11) is 0. The Balaban J connectivity index is 2.21. The van der Waals surface area contributed by atoms with Crippen LogP contribution in [0.1, 0.15) is 67.9 Å². The van der Waals surface area contributed by atoms with Crippen LogP contribution < -0.4 is 0 Å². The summed E-state index contributed by atoms with van der Waals surface area (Å²) in [6, 6.07) is 4.53. The number of hydrogen-bond donors (Lipinski definition) is 1. The maximum atomic E-state index is 10.9. The molecule has 1 N–H and O–H groups in total. The van der Waals surface area contributed by atoms with E-state index in [9.17, 15) is 10.4 Å². The Kier molecular flexibility index (Phi) is 4.52. The molecule has 0 aromatic carbocycles. The first-order valence-corrected chi connectivity index (χ1v) is 8.67. The smallest absolute Gasteiger partial charge is 0.0987 e. The summed E-state index contributed by atoms with van der Waals surface area (Å²) >= 11 is 1.71.